The Hall–Kier alpha value is -2.12. The first-order valence-corrected chi connectivity index (χ1v) is 11.0. The van der Waals surface area contributed by atoms with E-state index in [-0.39, 0.29) is 24.0 Å². The van der Waals surface area contributed by atoms with Gasteiger partial charge in [-0.2, -0.15) is 0 Å². The van der Waals surface area contributed by atoms with Crippen molar-refractivity contribution in [2.75, 3.05) is 47.1 Å². The van der Waals surface area contributed by atoms with Crippen molar-refractivity contribution in [1.29, 1.82) is 0 Å². The lowest BCUT2D eigenvalue weighted by molar-refractivity contribution is -0.133. The molecule has 2 heterocycles. The standard InChI is InChI=1S/C23H34N2O5/c1-28-16-12-22(26)24-14-10-21(11-15-24)30-20-8-6-18(7-9-20)23(27)25-13-4-3-5-19(25)17-29-2/h6-9,19,21H,3-5,10-17H2,1-2H3/t19-/m1/s1. The van der Waals surface area contributed by atoms with Gasteiger partial charge in [0.25, 0.3) is 5.91 Å². The lowest BCUT2D eigenvalue weighted by Gasteiger charge is -2.35. The van der Waals surface area contributed by atoms with Gasteiger partial charge >= 0.3 is 0 Å². The van der Waals surface area contributed by atoms with E-state index >= 15 is 0 Å². The number of rotatable bonds is 8. The maximum Gasteiger partial charge on any atom is 0.254 e. The van der Waals surface area contributed by atoms with Crippen molar-refractivity contribution in [3.8, 4) is 5.75 Å². The van der Waals surface area contributed by atoms with Crippen molar-refractivity contribution < 1.29 is 23.8 Å². The van der Waals surface area contributed by atoms with E-state index in [1.807, 2.05) is 34.1 Å². The summed E-state index contributed by atoms with van der Waals surface area (Å²) in [6.07, 6.45) is 5.32. The Morgan fingerprint density at radius 3 is 2.37 bits per heavy atom. The normalized spacial score (nSPS) is 20.3. The minimum Gasteiger partial charge on any atom is -0.490 e. The molecule has 0 radical (unpaired) electrons. The molecule has 2 saturated heterocycles. The molecule has 0 N–H and O–H groups in total. The molecule has 7 nitrogen and oxygen atoms in total. The minimum absolute atomic E-state index is 0.0613. The summed E-state index contributed by atoms with van der Waals surface area (Å²) in [4.78, 5) is 28.9. The Bertz CT molecular complexity index is 683. The largest absolute Gasteiger partial charge is 0.490 e. The van der Waals surface area contributed by atoms with E-state index in [0.29, 0.717) is 38.3 Å². The average molecular weight is 419 g/mol. The molecule has 7 heteroatoms. The van der Waals surface area contributed by atoms with Crippen LogP contribution in [0.15, 0.2) is 24.3 Å². The summed E-state index contributed by atoms with van der Waals surface area (Å²) in [7, 11) is 3.29. The third-order valence-electron chi connectivity index (χ3n) is 5.97. The van der Waals surface area contributed by atoms with Crippen LogP contribution in [-0.2, 0) is 14.3 Å². The number of piperidine rings is 2. The third-order valence-corrected chi connectivity index (χ3v) is 5.97. The molecule has 0 aliphatic carbocycles. The van der Waals surface area contributed by atoms with Gasteiger partial charge < -0.3 is 24.0 Å². The summed E-state index contributed by atoms with van der Waals surface area (Å²) in [5.41, 5.74) is 0.684. The quantitative estimate of drug-likeness (QED) is 0.649. The van der Waals surface area contributed by atoms with Gasteiger partial charge in [-0.25, -0.2) is 0 Å². The number of hydrogen-bond donors (Lipinski definition) is 0. The average Bonchev–Trinajstić information content (AvgIpc) is 2.78. The summed E-state index contributed by atoms with van der Waals surface area (Å²) < 4.78 is 16.4. The van der Waals surface area contributed by atoms with Crippen LogP contribution in [0.1, 0.15) is 48.9 Å². The summed E-state index contributed by atoms with van der Waals surface area (Å²) in [5.74, 6) is 0.969. The summed E-state index contributed by atoms with van der Waals surface area (Å²) in [6.45, 7) is 3.25. The molecule has 2 fully saturated rings. The highest BCUT2D eigenvalue weighted by Gasteiger charge is 2.28. The van der Waals surface area contributed by atoms with Gasteiger partial charge in [-0.05, 0) is 43.5 Å². The van der Waals surface area contributed by atoms with Gasteiger partial charge in [0.2, 0.25) is 5.91 Å². The lowest BCUT2D eigenvalue weighted by atomic mass is 10.0. The fourth-order valence-electron chi connectivity index (χ4n) is 4.24. The minimum atomic E-state index is 0.0613. The number of carbonyl (C=O) groups is 2. The molecule has 0 spiro atoms. The second-order valence-corrected chi connectivity index (χ2v) is 8.07. The van der Waals surface area contributed by atoms with E-state index in [1.54, 1.807) is 14.2 Å². The van der Waals surface area contributed by atoms with Crippen LogP contribution in [0.25, 0.3) is 0 Å². The number of methoxy groups -OCH3 is 2. The number of hydrogen-bond acceptors (Lipinski definition) is 5. The Labute approximate surface area is 179 Å². The molecule has 3 rings (SSSR count). The van der Waals surface area contributed by atoms with Crippen LogP contribution in [0.3, 0.4) is 0 Å². The van der Waals surface area contributed by atoms with Gasteiger partial charge in [0, 0.05) is 52.3 Å². The zero-order valence-corrected chi connectivity index (χ0v) is 18.2. The smallest absolute Gasteiger partial charge is 0.254 e. The molecule has 30 heavy (non-hydrogen) atoms. The predicted molar refractivity (Wildman–Crippen MR) is 114 cm³/mol. The first kappa shape index (κ1) is 22.6. The van der Waals surface area contributed by atoms with Crippen molar-refractivity contribution in [1.82, 2.24) is 9.80 Å². The first-order valence-electron chi connectivity index (χ1n) is 11.0. The molecule has 2 amide bonds. The summed E-state index contributed by atoms with van der Waals surface area (Å²) >= 11 is 0. The molecule has 0 unspecified atom stereocenters. The number of nitrogens with zero attached hydrogens (tertiary/aromatic N) is 2. The van der Waals surface area contributed by atoms with E-state index < -0.39 is 0 Å². The second kappa shape index (κ2) is 11.3. The fraction of sp³-hybridized carbons (Fsp3) is 0.652. The van der Waals surface area contributed by atoms with Crippen molar-refractivity contribution >= 4 is 11.8 Å². The summed E-state index contributed by atoms with van der Waals surface area (Å²) in [6, 6.07) is 7.60. The first-order chi connectivity index (χ1) is 14.6. The van der Waals surface area contributed by atoms with Gasteiger partial charge in [-0.15, -0.1) is 0 Å². The zero-order chi connectivity index (χ0) is 21.3. The number of benzene rings is 1. The number of amides is 2. The van der Waals surface area contributed by atoms with Gasteiger partial charge in [0.15, 0.2) is 0 Å². The van der Waals surface area contributed by atoms with Gasteiger partial charge in [0.05, 0.1) is 25.7 Å². The number of carbonyl (C=O) groups excluding carboxylic acids is 2. The van der Waals surface area contributed by atoms with Crippen molar-refractivity contribution in [3.05, 3.63) is 29.8 Å². The van der Waals surface area contributed by atoms with Crippen molar-refractivity contribution in [3.63, 3.8) is 0 Å². The molecule has 2 aliphatic heterocycles. The summed E-state index contributed by atoms with van der Waals surface area (Å²) in [5, 5.41) is 0. The predicted octanol–water partition coefficient (Wildman–Crippen LogP) is 2.73. The van der Waals surface area contributed by atoms with Crippen LogP contribution < -0.4 is 4.74 Å². The van der Waals surface area contributed by atoms with Crippen LogP contribution in [0, 0.1) is 0 Å². The van der Waals surface area contributed by atoms with Crippen LogP contribution in [-0.4, -0.2) is 80.8 Å². The van der Waals surface area contributed by atoms with E-state index in [9.17, 15) is 9.59 Å². The topological polar surface area (TPSA) is 68.3 Å². The molecule has 2 aliphatic rings. The molecule has 1 atom stereocenters. The van der Waals surface area contributed by atoms with E-state index in [2.05, 4.69) is 0 Å². The molecule has 0 bridgehead atoms. The van der Waals surface area contributed by atoms with Crippen molar-refractivity contribution in [2.24, 2.45) is 0 Å². The molecule has 166 valence electrons. The maximum absolute atomic E-state index is 12.9. The Kier molecular flexibility index (Phi) is 8.51. The molecular formula is C23H34N2O5. The van der Waals surface area contributed by atoms with E-state index in [1.165, 1.54) is 0 Å². The molecule has 1 aromatic rings. The molecule has 0 saturated carbocycles. The Morgan fingerprint density at radius 2 is 1.70 bits per heavy atom. The highest BCUT2D eigenvalue weighted by atomic mass is 16.5. The molecule has 0 aromatic heterocycles. The number of ether oxygens (including phenoxy) is 3. The van der Waals surface area contributed by atoms with Crippen molar-refractivity contribution in [2.45, 2.75) is 50.7 Å². The maximum atomic E-state index is 12.9. The Balaban J connectivity index is 1.50. The van der Waals surface area contributed by atoms with Gasteiger partial charge in [-0.1, -0.05) is 0 Å². The molecule has 1 aromatic carbocycles. The van der Waals surface area contributed by atoms with Crippen LogP contribution >= 0.6 is 0 Å². The van der Waals surface area contributed by atoms with E-state index in [4.69, 9.17) is 14.2 Å². The number of likely N-dealkylation sites (tertiary alicyclic amines) is 2. The van der Waals surface area contributed by atoms with Crippen LogP contribution in [0.5, 0.6) is 5.75 Å². The lowest BCUT2D eigenvalue weighted by Crippen LogP contribution is -2.46. The SMILES string of the molecule is COCCC(=O)N1CCC(Oc2ccc(C(=O)N3CCCC[C@@H]3COC)cc2)CC1. The zero-order valence-electron chi connectivity index (χ0n) is 18.2. The molecular weight excluding hydrogens is 384 g/mol. The second-order valence-electron chi connectivity index (χ2n) is 8.07. The highest BCUT2D eigenvalue weighted by Crippen LogP contribution is 2.23. The third kappa shape index (κ3) is 5.95. The Morgan fingerprint density at radius 1 is 0.967 bits per heavy atom. The van der Waals surface area contributed by atoms with Gasteiger partial charge in [0.1, 0.15) is 11.9 Å². The van der Waals surface area contributed by atoms with Crippen LogP contribution in [0.2, 0.25) is 0 Å². The van der Waals surface area contributed by atoms with Crippen LogP contribution in [0.4, 0.5) is 0 Å². The van der Waals surface area contributed by atoms with E-state index in [0.717, 1.165) is 44.4 Å². The fourth-order valence-corrected chi connectivity index (χ4v) is 4.24. The highest BCUT2D eigenvalue weighted by molar-refractivity contribution is 5.94. The monoisotopic (exact) mass is 418 g/mol. The van der Waals surface area contributed by atoms with Gasteiger partial charge in [-0.3, -0.25) is 9.59 Å².